The van der Waals surface area contributed by atoms with Crippen molar-refractivity contribution >= 4 is 11.8 Å². The van der Waals surface area contributed by atoms with E-state index in [9.17, 15) is 0 Å². The van der Waals surface area contributed by atoms with Crippen LogP contribution in [0.3, 0.4) is 0 Å². The van der Waals surface area contributed by atoms with E-state index in [0.717, 1.165) is 23.0 Å². The van der Waals surface area contributed by atoms with Crippen LogP contribution in [-0.4, -0.2) is 25.5 Å². The van der Waals surface area contributed by atoms with Crippen LogP contribution in [0, 0.1) is 0 Å². The van der Waals surface area contributed by atoms with Crippen LogP contribution in [0.2, 0.25) is 0 Å². The minimum Gasteiger partial charge on any atom is -0.493 e. The molecule has 1 rings (SSSR count). The van der Waals surface area contributed by atoms with Gasteiger partial charge in [-0.3, -0.25) is 0 Å². The Morgan fingerprint density at radius 1 is 1.18 bits per heavy atom. The number of ether oxygens (including phenoxy) is 2. The fourth-order valence-corrected chi connectivity index (χ4v) is 2.45. The molecule has 0 radical (unpaired) electrons. The Kier molecular flexibility index (Phi) is 5.15. The average Bonchev–Trinajstić information content (AvgIpc) is 2.27. The van der Waals surface area contributed by atoms with E-state index < -0.39 is 0 Å². The Morgan fingerprint density at radius 2 is 1.82 bits per heavy atom. The third-order valence-electron chi connectivity index (χ3n) is 2.19. The highest BCUT2D eigenvalue weighted by molar-refractivity contribution is 7.98. The van der Waals surface area contributed by atoms with Gasteiger partial charge in [0.15, 0.2) is 11.5 Å². The van der Waals surface area contributed by atoms with E-state index in [2.05, 4.69) is 6.07 Å². The van der Waals surface area contributed by atoms with E-state index >= 15 is 0 Å². The molecule has 0 aliphatic rings. The molecule has 0 aromatic heterocycles. The fourth-order valence-electron chi connectivity index (χ4n) is 1.40. The lowest BCUT2D eigenvalue weighted by atomic mass is 10.1. The molecular weight excluding hydrogens is 234 g/mol. The lowest BCUT2D eigenvalue weighted by Crippen LogP contribution is -2.34. The summed E-state index contributed by atoms with van der Waals surface area (Å²) in [6.45, 7) is 4.07. The van der Waals surface area contributed by atoms with Gasteiger partial charge in [0.25, 0.3) is 0 Å². The van der Waals surface area contributed by atoms with E-state index in [0.29, 0.717) is 0 Å². The zero-order valence-corrected chi connectivity index (χ0v) is 11.8. The highest BCUT2D eigenvalue weighted by atomic mass is 32.2. The summed E-state index contributed by atoms with van der Waals surface area (Å²) < 4.78 is 10.5. The van der Waals surface area contributed by atoms with Crippen LogP contribution in [0.5, 0.6) is 11.5 Å². The van der Waals surface area contributed by atoms with Gasteiger partial charge in [0, 0.05) is 17.0 Å². The number of rotatable bonds is 6. The molecule has 0 bridgehead atoms. The zero-order chi connectivity index (χ0) is 12.9. The molecule has 2 N–H and O–H groups in total. The van der Waals surface area contributed by atoms with Crippen LogP contribution in [0.1, 0.15) is 19.4 Å². The van der Waals surface area contributed by atoms with Gasteiger partial charge in [-0.25, -0.2) is 0 Å². The number of nitrogens with two attached hydrogens (primary N) is 1. The number of benzene rings is 1. The topological polar surface area (TPSA) is 44.5 Å². The molecule has 0 atom stereocenters. The third-order valence-corrected chi connectivity index (χ3v) is 3.68. The van der Waals surface area contributed by atoms with Crippen LogP contribution in [0.15, 0.2) is 18.2 Å². The molecule has 1 aromatic carbocycles. The largest absolute Gasteiger partial charge is 0.493 e. The predicted molar refractivity (Wildman–Crippen MR) is 74.0 cm³/mol. The summed E-state index contributed by atoms with van der Waals surface area (Å²) in [5.74, 6) is 3.40. The molecule has 96 valence electrons. The summed E-state index contributed by atoms with van der Waals surface area (Å²) in [6.07, 6.45) is 0. The number of methoxy groups -OCH3 is 2. The maximum absolute atomic E-state index is 5.94. The van der Waals surface area contributed by atoms with Gasteiger partial charge in [-0.2, -0.15) is 11.8 Å². The van der Waals surface area contributed by atoms with E-state index in [-0.39, 0.29) is 5.54 Å². The minimum atomic E-state index is -0.124. The molecule has 17 heavy (non-hydrogen) atoms. The molecule has 0 heterocycles. The second-order valence-electron chi connectivity index (χ2n) is 4.67. The van der Waals surface area contributed by atoms with Crippen LogP contribution in [0.4, 0.5) is 0 Å². The van der Waals surface area contributed by atoms with Crippen molar-refractivity contribution in [1.29, 1.82) is 0 Å². The molecule has 0 fully saturated rings. The van der Waals surface area contributed by atoms with Crippen molar-refractivity contribution in [3.8, 4) is 11.5 Å². The summed E-state index contributed by atoms with van der Waals surface area (Å²) in [6, 6.07) is 6.00. The molecule has 0 aliphatic heterocycles. The average molecular weight is 255 g/mol. The molecule has 0 saturated carbocycles. The fraction of sp³-hybridized carbons (Fsp3) is 0.538. The SMILES string of the molecule is COc1ccc(CSCC(C)(C)N)cc1OC. The number of hydrogen-bond acceptors (Lipinski definition) is 4. The Morgan fingerprint density at radius 3 is 2.35 bits per heavy atom. The van der Waals surface area contributed by atoms with Gasteiger partial charge < -0.3 is 15.2 Å². The summed E-state index contributed by atoms with van der Waals surface area (Å²) in [5.41, 5.74) is 7.03. The van der Waals surface area contributed by atoms with E-state index in [4.69, 9.17) is 15.2 Å². The van der Waals surface area contributed by atoms with Crippen LogP contribution < -0.4 is 15.2 Å². The van der Waals surface area contributed by atoms with Gasteiger partial charge in [-0.1, -0.05) is 6.07 Å². The van der Waals surface area contributed by atoms with Gasteiger partial charge in [0.05, 0.1) is 14.2 Å². The minimum absolute atomic E-state index is 0.124. The summed E-state index contributed by atoms with van der Waals surface area (Å²) in [4.78, 5) is 0. The van der Waals surface area contributed by atoms with E-state index in [1.807, 2.05) is 37.7 Å². The standard InChI is InChI=1S/C13H21NO2S/c1-13(2,14)9-17-8-10-5-6-11(15-3)12(7-10)16-4/h5-7H,8-9,14H2,1-4H3. The Balaban J connectivity index is 2.60. The van der Waals surface area contributed by atoms with E-state index in [1.54, 1.807) is 14.2 Å². The van der Waals surface area contributed by atoms with Gasteiger partial charge in [0.2, 0.25) is 0 Å². The van der Waals surface area contributed by atoms with Gasteiger partial charge >= 0.3 is 0 Å². The summed E-state index contributed by atoms with van der Waals surface area (Å²) in [7, 11) is 3.29. The van der Waals surface area contributed by atoms with Crippen molar-refractivity contribution < 1.29 is 9.47 Å². The number of thioether (sulfide) groups is 1. The second-order valence-corrected chi connectivity index (χ2v) is 5.66. The van der Waals surface area contributed by atoms with Crippen LogP contribution in [-0.2, 0) is 5.75 Å². The Hall–Kier alpha value is -0.870. The predicted octanol–water partition coefficient (Wildman–Crippen LogP) is 2.67. The molecule has 4 heteroatoms. The Bertz CT molecular complexity index is 361. The first-order chi connectivity index (χ1) is 7.96. The first kappa shape index (κ1) is 14.2. The number of hydrogen-bond donors (Lipinski definition) is 1. The lowest BCUT2D eigenvalue weighted by molar-refractivity contribution is 0.354. The second kappa shape index (κ2) is 6.17. The van der Waals surface area contributed by atoms with E-state index in [1.165, 1.54) is 5.56 Å². The normalized spacial score (nSPS) is 11.4. The summed E-state index contributed by atoms with van der Waals surface area (Å²) >= 11 is 1.82. The maximum Gasteiger partial charge on any atom is 0.161 e. The molecule has 0 spiro atoms. The van der Waals surface area contributed by atoms with Crippen molar-refractivity contribution in [2.75, 3.05) is 20.0 Å². The Labute approximate surface area is 108 Å². The lowest BCUT2D eigenvalue weighted by Gasteiger charge is -2.17. The smallest absolute Gasteiger partial charge is 0.161 e. The first-order valence-corrected chi connectivity index (χ1v) is 6.69. The van der Waals surface area contributed by atoms with Crippen molar-refractivity contribution in [3.05, 3.63) is 23.8 Å². The molecule has 0 amide bonds. The highest BCUT2D eigenvalue weighted by Crippen LogP contribution is 2.29. The molecule has 0 saturated heterocycles. The quantitative estimate of drug-likeness (QED) is 0.849. The maximum atomic E-state index is 5.94. The highest BCUT2D eigenvalue weighted by Gasteiger charge is 2.11. The molecular formula is C13H21NO2S. The van der Waals surface area contributed by atoms with Crippen molar-refractivity contribution in [2.45, 2.75) is 25.1 Å². The van der Waals surface area contributed by atoms with Crippen LogP contribution in [0.25, 0.3) is 0 Å². The first-order valence-electron chi connectivity index (χ1n) is 5.54. The van der Waals surface area contributed by atoms with Crippen LogP contribution >= 0.6 is 11.8 Å². The van der Waals surface area contributed by atoms with Crippen molar-refractivity contribution in [2.24, 2.45) is 5.73 Å². The monoisotopic (exact) mass is 255 g/mol. The third kappa shape index (κ3) is 4.88. The van der Waals surface area contributed by atoms with Crippen molar-refractivity contribution in [3.63, 3.8) is 0 Å². The van der Waals surface area contributed by atoms with Crippen molar-refractivity contribution in [1.82, 2.24) is 0 Å². The summed E-state index contributed by atoms with van der Waals surface area (Å²) in [5, 5.41) is 0. The van der Waals surface area contributed by atoms with Gasteiger partial charge in [-0.05, 0) is 31.5 Å². The van der Waals surface area contributed by atoms with Gasteiger partial charge in [0.1, 0.15) is 0 Å². The molecule has 3 nitrogen and oxygen atoms in total. The molecule has 1 aromatic rings. The molecule has 0 aliphatic carbocycles. The molecule has 0 unspecified atom stereocenters. The zero-order valence-electron chi connectivity index (χ0n) is 10.9. The van der Waals surface area contributed by atoms with Gasteiger partial charge in [-0.15, -0.1) is 0 Å².